The summed E-state index contributed by atoms with van der Waals surface area (Å²) in [6.45, 7) is 14.5. The van der Waals surface area contributed by atoms with Gasteiger partial charge in [-0.1, -0.05) is 87.3 Å². The summed E-state index contributed by atoms with van der Waals surface area (Å²) in [7, 11) is -4.01. The zero-order chi connectivity index (χ0) is 47.4. The van der Waals surface area contributed by atoms with Gasteiger partial charge in [-0.15, -0.1) is 0 Å². The quantitative estimate of drug-likeness (QED) is 0.0607. The van der Waals surface area contributed by atoms with E-state index in [-0.39, 0.29) is 40.3 Å². The monoisotopic (exact) mass is 957 g/mol. The van der Waals surface area contributed by atoms with Gasteiger partial charge in [0.1, 0.15) is 6.54 Å². The van der Waals surface area contributed by atoms with E-state index in [1.54, 1.807) is 0 Å². The average molecular weight is 959 g/mol. The molecule has 11 nitrogen and oxygen atoms in total. The summed E-state index contributed by atoms with van der Waals surface area (Å²) in [5.41, 5.74) is 8.30. The van der Waals surface area contributed by atoms with Gasteiger partial charge in [-0.25, -0.2) is 9.78 Å². The van der Waals surface area contributed by atoms with Crippen LogP contribution in [0.25, 0.3) is 0 Å². The molecular formula is C54H70ClN2O9S+. The van der Waals surface area contributed by atoms with E-state index in [0.29, 0.717) is 25.8 Å². The lowest BCUT2D eigenvalue weighted by molar-refractivity contribution is -0.575. The van der Waals surface area contributed by atoms with Crippen molar-refractivity contribution in [1.29, 1.82) is 0 Å². The highest BCUT2D eigenvalue weighted by molar-refractivity contribution is 7.85. The fraction of sp³-hybridized carbons (Fsp3) is 0.593. The number of nitrogens with zero attached hydrogens (tertiary/aromatic N) is 2. The molecule has 10 rings (SSSR count). The Kier molecular flexibility index (Phi) is 13.7. The first kappa shape index (κ1) is 48.4. The van der Waals surface area contributed by atoms with Crippen LogP contribution in [0.2, 0.25) is 0 Å². The number of fused-ring (bicyclic) bond motifs is 4. The van der Waals surface area contributed by atoms with Crippen LogP contribution in [0.15, 0.2) is 94.7 Å². The van der Waals surface area contributed by atoms with E-state index < -0.39 is 34.1 Å². The standard InChI is InChI=1S/C54H69ClN2O9S/c1-36-40-23-17-20-39-31-32-53(6)64-50(54(39,40)66-65-53)63-49(36)62-47(58)26-8-7-13-33-56-43-24-11-9-21-41(43)51(2,3)45(56)29-27-37-18-16-19-38(48(37)55)28-30-46-52(4,5)42-22-10-12-25-44(42)57(46)34-14-15-35-67(59,60)61/h9-12,21-22,24-25,27-30,36,39-40,49-50H,7-8,13-20,23,26,31-35H2,1-6H3/p+1/t36-,39-,40+,49?,50-,53-,54-/m1/s1. The summed E-state index contributed by atoms with van der Waals surface area (Å²) in [6.07, 6.45) is 19.0. The van der Waals surface area contributed by atoms with Gasteiger partial charge in [-0.2, -0.15) is 13.0 Å². The Morgan fingerprint density at radius 3 is 2.48 bits per heavy atom. The van der Waals surface area contributed by atoms with Crippen LogP contribution in [0, 0.1) is 17.8 Å². The van der Waals surface area contributed by atoms with E-state index in [0.717, 1.165) is 105 Å². The average Bonchev–Trinajstić information content (AvgIpc) is 3.48. The van der Waals surface area contributed by atoms with Crippen molar-refractivity contribution >= 4 is 44.8 Å². The van der Waals surface area contributed by atoms with Gasteiger partial charge in [0.15, 0.2) is 17.6 Å². The molecule has 1 saturated carbocycles. The number of unbranched alkanes of at least 4 members (excludes halogenated alkanes) is 3. The summed E-state index contributed by atoms with van der Waals surface area (Å²) in [6, 6.07) is 17.1. The minimum Gasteiger partial charge on any atom is -0.435 e. The van der Waals surface area contributed by atoms with Crippen LogP contribution >= 0.6 is 11.6 Å². The highest BCUT2D eigenvalue weighted by Crippen LogP contribution is 2.59. The predicted molar refractivity (Wildman–Crippen MR) is 261 cm³/mol. The molecule has 0 radical (unpaired) electrons. The molecule has 1 spiro atoms. The lowest BCUT2D eigenvalue weighted by Gasteiger charge is -2.58. The van der Waals surface area contributed by atoms with E-state index >= 15 is 0 Å². The number of hydrogen-bond acceptors (Lipinski definition) is 9. The molecule has 362 valence electrons. The molecule has 1 N–H and O–H groups in total. The highest BCUT2D eigenvalue weighted by Gasteiger charge is 2.68. The Labute approximate surface area is 402 Å². The second-order valence-corrected chi connectivity index (χ2v) is 23.2. The van der Waals surface area contributed by atoms with Crippen molar-refractivity contribution in [3.63, 3.8) is 0 Å². The minimum absolute atomic E-state index is 0.0438. The summed E-state index contributed by atoms with van der Waals surface area (Å²) >= 11 is 7.30. The molecule has 2 bridgehead atoms. The van der Waals surface area contributed by atoms with E-state index in [1.807, 2.05) is 13.0 Å². The Bertz CT molecular complexity index is 2510. The van der Waals surface area contributed by atoms with Crippen LogP contribution < -0.4 is 4.90 Å². The topological polar surface area (TPSA) is 124 Å². The number of esters is 1. The van der Waals surface area contributed by atoms with Gasteiger partial charge in [0, 0.05) is 77.2 Å². The van der Waals surface area contributed by atoms with Gasteiger partial charge in [0.25, 0.3) is 10.1 Å². The first-order chi connectivity index (χ1) is 31.9. The van der Waals surface area contributed by atoms with Gasteiger partial charge < -0.3 is 19.1 Å². The van der Waals surface area contributed by atoms with Crippen molar-refractivity contribution in [3.05, 3.63) is 106 Å². The molecule has 1 unspecified atom stereocenters. The number of anilines is 1. The molecule has 2 aromatic rings. The lowest BCUT2D eigenvalue weighted by atomic mass is 9.61. The molecule has 6 aliphatic heterocycles. The number of rotatable bonds is 15. The molecule has 2 aromatic carbocycles. The molecule has 7 atom stereocenters. The van der Waals surface area contributed by atoms with Crippen LogP contribution in [0.5, 0.6) is 0 Å². The van der Waals surface area contributed by atoms with E-state index in [4.69, 9.17) is 35.6 Å². The normalized spacial score (nSPS) is 31.9. The molecular weight excluding hydrogens is 888 g/mol. The summed E-state index contributed by atoms with van der Waals surface area (Å²) in [5, 5.41) is 0.792. The Balaban J connectivity index is 0.863. The SMILES string of the molecule is C[C@H]1C(OC(=O)CCCCC[N+]2=C(C=CC3=C(Cl)C(=CC=C4N(CCCCS(=O)(=O)O)c5ccccc5C4(C)C)CCC3)C(C)(C)c3ccccc32)O[C@@H]2O[C@@]3(C)CC[C@H]4CCC[C@@H]1[C@]42OO3. The van der Waals surface area contributed by atoms with Crippen molar-refractivity contribution in [3.8, 4) is 0 Å². The van der Waals surface area contributed by atoms with E-state index in [1.165, 1.54) is 22.5 Å². The maximum Gasteiger partial charge on any atom is 0.308 e. The Hall–Kier alpha value is -3.62. The summed E-state index contributed by atoms with van der Waals surface area (Å²) in [5.74, 6) is -0.984. The Morgan fingerprint density at radius 2 is 1.67 bits per heavy atom. The van der Waals surface area contributed by atoms with Gasteiger partial charge in [-0.05, 0) is 120 Å². The first-order valence-corrected chi connectivity index (χ1v) is 26.9. The van der Waals surface area contributed by atoms with Crippen molar-refractivity contribution < 1.29 is 46.3 Å². The highest BCUT2D eigenvalue weighted by atomic mass is 35.5. The third-order valence-electron chi connectivity index (χ3n) is 16.1. The number of halogens is 1. The van der Waals surface area contributed by atoms with Crippen LogP contribution in [0.4, 0.5) is 11.4 Å². The molecule has 6 heterocycles. The molecule has 67 heavy (non-hydrogen) atoms. The molecule has 8 aliphatic rings. The van der Waals surface area contributed by atoms with Gasteiger partial charge in [-0.3, -0.25) is 9.35 Å². The van der Waals surface area contributed by atoms with Gasteiger partial charge >= 0.3 is 5.97 Å². The van der Waals surface area contributed by atoms with Crippen molar-refractivity contribution in [1.82, 2.24) is 0 Å². The molecule has 0 aromatic heterocycles. The smallest absolute Gasteiger partial charge is 0.308 e. The predicted octanol–water partition coefficient (Wildman–Crippen LogP) is 11.6. The first-order valence-electron chi connectivity index (χ1n) is 24.9. The lowest BCUT2D eigenvalue weighted by Crippen LogP contribution is -2.69. The van der Waals surface area contributed by atoms with Crippen molar-refractivity contribution in [2.24, 2.45) is 17.8 Å². The largest absolute Gasteiger partial charge is 0.435 e. The van der Waals surface area contributed by atoms with E-state index in [2.05, 4.69) is 111 Å². The number of para-hydroxylation sites is 2. The number of carbonyl (C=O) groups is 1. The zero-order valence-corrected chi connectivity index (χ0v) is 41.8. The minimum atomic E-state index is -4.01. The maximum absolute atomic E-state index is 13.4. The van der Waals surface area contributed by atoms with Gasteiger partial charge in [0.2, 0.25) is 17.8 Å². The molecule has 0 amide bonds. The fourth-order valence-corrected chi connectivity index (χ4v) is 13.3. The molecule has 5 fully saturated rings. The van der Waals surface area contributed by atoms with Gasteiger partial charge in [0.05, 0.1) is 11.2 Å². The van der Waals surface area contributed by atoms with Crippen LogP contribution in [0.3, 0.4) is 0 Å². The van der Waals surface area contributed by atoms with Crippen LogP contribution in [-0.2, 0) is 49.7 Å². The maximum atomic E-state index is 13.4. The van der Waals surface area contributed by atoms with E-state index in [9.17, 15) is 17.8 Å². The summed E-state index contributed by atoms with van der Waals surface area (Å²) in [4.78, 5) is 27.8. The number of benzene rings is 2. The second-order valence-electron chi connectivity index (χ2n) is 21.3. The Morgan fingerprint density at radius 1 is 0.896 bits per heavy atom. The third-order valence-corrected chi connectivity index (χ3v) is 17.4. The zero-order valence-electron chi connectivity index (χ0n) is 40.2. The summed E-state index contributed by atoms with van der Waals surface area (Å²) < 4.78 is 53.6. The number of ether oxygens (including phenoxy) is 3. The fourth-order valence-electron chi connectivity index (χ4n) is 12.4. The molecule has 4 saturated heterocycles. The van der Waals surface area contributed by atoms with Crippen LogP contribution in [0.1, 0.15) is 143 Å². The van der Waals surface area contributed by atoms with Crippen LogP contribution in [-0.4, -0.2) is 72.0 Å². The second kappa shape index (κ2) is 18.9. The molecule has 2 aliphatic carbocycles. The number of carbonyl (C=O) groups excluding carboxylic acids is 1. The van der Waals surface area contributed by atoms with Crippen molar-refractivity contribution in [2.75, 3.05) is 23.7 Å². The number of allylic oxidation sites excluding steroid dienone is 8. The number of hydrogen-bond donors (Lipinski definition) is 1. The molecule has 13 heteroatoms. The van der Waals surface area contributed by atoms with Crippen molar-refractivity contribution in [2.45, 2.75) is 166 Å². The third kappa shape index (κ3) is 9.30.